The average Bonchev–Trinajstić information content (AvgIpc) is 3.43. The summed E-state index contributed by atoms with van der Waals surface area (Å²) in [7, 11) is -3.93. The smallest absolute Gasteiger partial charge is 0.243 e. The van der Waals surface area contributed by atoms with Gasteiger partial charge in [-0.15, -0.1) is 10.2 Å². The molecule has 0 atom stereocenters. The zero-order chi connectivity index (χ0) is 19.9. The lowest BCUT2D eigenvalue weighted by atomic mass is 9.97. The zero-order valence-corrected chi connectivity index (χ0v) is 16.4. The van der Waals surface area contributed by atoms with Crippen molar-refractivity contribution < 1.29 is 22.0 Å². The van der Waals surface area contributed by atoms with Gasteiger partial charge in [-0.2, -0.15) is 4.31 Å². The maximum Gasteiger partial charge on any atom is 0.243 e. The summed E-state index contributed by atoms with van der Waals surface area (Å²) < 4.78 is 52.9. The molecule has 2 aromatic rings. The standard InChI is InChI=1S/C17H18F2N4O3S2/c18-13-4-3-12(9-14(13)19)28(25,26)23-7-5-10(6-8-23)15(24)20-17-22-21-16(27-17)11-1-2-11/h3-4,9-11H,1-2,5-8H2,(H,20,22,24). The molecule has 4 rings (SSSR count). The molecule has 11 heteroatoms. The number of benzene rings is 1. The normalized spacial score (nSPS) is 18.9. The van der Waals surface area contributed by atoms with Gasteiger partial charge >= 0.3 is 0 Å². The molecule has 2 heterocycles. The fourth-order valence-electron chi connectivity index (χ4n) is 3.13. The Morgan fingerprint density at radius 1 is 1.11 bits per heavy atom. The maximum absolute atomic E-state index is 13.4. The minimum Gasteiger partial charge on any atom is -0.300 e. The number of amides is 1. The average molecular weight is 428 g/mol. The molecule has 1 aliphatic carbocycles. The Morgan fingerprint density at radius 3 is 2.46 bits per heavy atom. The van der Waals surface area contributed by atoms with Crippen LogP contribution in [0.4, 0.5) is 13.9 Å². The lowest BCUT2D eigenvalue weighted by Gasteiger charge is -2.30. The van der Waals surface area contributed by atoms with Gasteiger partial charge in [0.1, 0.15) is 5.01 Å². The van der Waals surface area contributed by atoms with Gasteiger partial charge in [0, 0.05) is 24.9 Å². The first-order valence-corrected chi connectivity index (χ1v) is 11.2. The topological polar surface area (TPSA) is 92.3 Å². The number of sulfonamides is 1. The Balaban J connectivity index is 1.36. The van der Waals surface area contributed by atoms with E-state index in [1.54, 1.807) is 0 Å². The molecule has 1 aromatic carbocycles. The molecule has 150 valence electrons. The van der Waals surface area contributed by atoms with Crippen LogP contribution in [0.5, 0.6) is 0 Å². The lowest BCUT2D eigenvalue weighted by molar-refractivity contribution is -0.120. The molecule has 1 N–H and O–H groups in total. The Hall–Kier alpha value is -1.98. The van der Waals surface area contributed by atoms with Crippen molar-refractivity contribution >= 4 is 32.4 Å². The fourth-order valence-corrected chi connectivity index (χ4v) is 5.53. The second-order valence-corrected chi connectivity index (χ2v) is 9.91. The molecule has 1 saturated heterocycles. The number of piperidine rings is 1. The van der Waals surface area contributed by atoms with E-state index < -0.39 is 21.7 Å². The van der Waals surface area contributed by atoms with Crippen molar-refractivity contribution in [3.8, 4) is 0 Å². The van der Waals surface area contributed by atoms with Gasteiger partial charge in [-0.05, 0) is 43.9 Å². The van der Waals surface area contributed by atoms with E-state index in [0.29, 0.717) is 30.0 Å². The summed E-state index contributed by atoms with van der Waals surface area (Å²) >= 11 is 1.37. The van der Waals surface area contributed by atoms with Gasteiger partial charge in [0.05, 0.1) is 4.90 Å². The van der Waals surface area contributed by atoms with Gasteiger partial charge in [-0.3, -0.25) is 4.79 Å². The second kappa shape index (κ2) is 7.45. The van der Waals surface area contributed by atoms with E-state index in [4.69, 9.17) is 0 Å². The van der Waals surface area contributed by atoms with Crippen molar-refractivity contribution in [1.29, 1.82) is 0 Å². The summed E-state index contributed by atoms with van der Waals surface area (Å²) in [5.74, 6) is -2.39. The molecule has 2 aliphatic rings. The second-order valence-electron chi connectivity index (χ2n) is 6.96. The number of hydrogen-bond donors (Lipinski definition) is 1. The molecule has 0 bridgehead atoms. The molecule has 0 spiro atoms. The highest BCUT2D eigenvalue weighted by molar-refractivity contribution is 7.89. The highest BCUT2D eigenvalue weighted by atomic mass is 32.2. The quantitative estimate of drug-likeness (QED) is 0.791. The molecule has 1 saturated carbocycles. The van der Waals surface area contributed by atoms with Crippen molar-refractivity contribution in [1.82, 2.24) is 14.5 Å². The van der Waals surface area contributed by atoms with E-state index in [-0.39, 0.29) is 29.8 Å². The Labute approximate surface area is 164 Å². The number of nitrogens with one attached hydrogen (secondary N) is 1. The van der Waals surface area contributed by atoms with Gasteiger partial charge in [-0.1, -0.05) is 11.3 Å². The van der Waals surface area contributed by atoms with Crippen molar-refractivity contribution in [2.24, 2.45) is 5.92 Å². The number of hydrogen-bond acceptors (Lipinski definition) is 6. The van der Waals surface area contributed by atoms with Crippen LogP contribution in [0.3, 0.4) is 0 Å². The first-order chi connectivity index (χ1) is 13.3. The van der Waals surface area contributed by atoms with E-state index >= 15 is 0 Å². The first kappa shape index (κ1) is 19.3. The van der Waals surface area contributed by atoms with Crippen LogP contribution in [0.1, 0.15) is 36.6 Å². The van der Waals surface area contributed by atoms with Crippen LogP contribution in [0.2, 0.25) is 0 Å². The summed E-state index contributed by atoms with van der Waals surface area (Å²) in [5, 5.41) is 12.2. The molecule has 28 heavy (non-hydrogen) atoms. The van der Waals surface area contributed by atoms with Gasteiger partial charge in [0.25, 0.3) is 0 Å². The summed E-state index contributed by atoms with van der Waals surface area (Å²) in [5.41, 5.74) is 0. The number of carbonyl (C=O) groups is 1. The Kier molecular flexibility index (Phi) is 5.15. The van der Waals surface area contributed by atoms with Crippen LogP contribution in [-0.4, -0.2) is 41.9 Å². The van der Waals surface area contributed by atoms with Crippen molar-refractivity contribution in [3.63, 3.8) is 0 Å². The predicted molar refractivity (Wildman–Crippen MR) is 98.4 cm³/mol. The summed E-state index contributed by atoms with van der Waals surface area (Å²) in [6.45, 7) is 0.256. The zero-order valence-electron chi connectivity index (χ0n) is 14.8. The van der Waals surface area contributed by atoms with Crippen LogP contribution >= 0.6 is 11.3 Å². The molecule has 0 unspecified atom stereocenters. The minimum absolute atomic E-state index is 0.128. The van der Waals surface area contributed by atoms with E-state index in [2.05, 4.69) is 15.5 Å². The highest BCUT2D eigenvalue weighted by Gasteiger charge is 2.33. The van der Waals surface area contributed by atoms with Crippen molar-refractivity contribution in [3.05, 3.63) is 34.8 Å². The summed E-state index contributed by atoms with van der Waals surface area (Å²) in [4.78, 5) is 12.1. The number of aromatic nitrogens is 2. The molecule has 2 fully saturated rings. The predicted octanol–water partition coefficient (Wildman–Crippen LogP) is 2.73. The fraction of sp³-hybridized carbons (Fsp3) is 0.471. The SMILES string of the molecule is O=C(Nc1nnc(C2CC2)s1)C1CCN(S(=O)(=O)c2ccc(F)c(F)c2)CC1. The lowest BCUT2D eigenvalue weighted by Crippen LogP contribution is -2.41. The van der Waals surface area contributed by atoms with Crippen molar-refractivity contribution in [2.45, 2.75) is 36.5 Å². The monoisotopic (exact) mass is 428 g/mol. The molecule has 1 aromatic heterocycles. The number of carbonyl (C=O) groups excluding carboxylic acids is 1. The van der Waals surface area contributed by atoms with Crippen LogP contribution in [0.25, 0.3) is 0 Å². The van der Waals surface area contributed by atoms with Gasteiger partial charge < -0.3 is 5.32 Å². The van der Waals surface area contributed by atoms with E-state index in [0.717, 1.165) is 30.0 Å². The molecule has 7 nitrogen and oxygen atoms in total. The van der Waals surface area contributed by atoms with Crippen LogP contribution in [0.15, 0.2) is 23.1 Å². The van der Waals surface area contributed by atoms with Crippen LogP contribution < -0.4 is 5.32 Å². The Morgan fingerprint density at radius 2 is 1.82 bits per heavy atom. The van der Waals surface area contributed by atoms with E-state index in [1.807, 2.05) is 0 Å². The van der Waals surface area contributed by atoms with Crippen LogP contribution in [0, 0.1) is 17.6 Å². The molecular formula is C17H18F2N4O3S2. The van der Waals surface area contributed by atoms with E-state index in [9.17, 15) is 22.0 Å². The third-order valence-electron chi connectivity index (χ3n) is 4.95. The minimum atomic E-state index is -3.93. The van der Waals surface area contributed by atoms with Crippen LogP contribution in [-0.2, 0) is 14.8 Å². The summed E-state index contributed by atoms with van der Waals surface area (Å²) in [6.07, 6.45) is 2.88. The van der Waals surface area contributed by atoms with Gasteiger partial charge in [0.15, 0.2) is 11.6 Å². The third kappa shape index (κ3) is 3.91. The Bertz CT molecular complexity index is 1000. The highest BCUT2D eigenvalue weighted by Crippen LogP contribution is 2.42. The number of nitrogens with zero attached hydrogens (tertiary/aromatic N) is 3. The largest absolute Gasteiger partial charge is 0.300 e. The number of anilines is 1. The maximum atomic E-state index is 13.4. The number of rotatable bonds is 5. The third-order valence-corrected chi connectivity index (χ3v) is 7.85. The van der Waals surface area contributed by atoms with E-state index in [1.165, 1.54) is 15.6 Å². The van der Waals surface area contributed by atoms with Gasteiger partial charge in [0.2, 0.25) is 21.1 Å². The van der Waals surface area contributed by atoms with Gasteiger partial charge in [-0.25, -0.2) is 17.2 Å². The molecule has 0 radical (unpaired) electrons. The molecular weight excluding hydrogens is 410 g/mol. The summed E-state index contributed by atoms with van der Waals surface area (Å²) in [6, 6.07) is 2.51. The molecule has 1 amide bonds. The first-order valence-electron chi connectivity index (χ1n) is 8.94. The number of halogens is 2. The van der Waals surface area contributed by atoms with Crippen molar-refractivity contribution in [2.75, 3.05) is 18.4 Å². The molecule has 1 aliphatic heterocycles.